The van der Waals surface area contributed by atoms with Gasteiger partial charge in [0.25, 0.3) is 0 Å². The Bertz CT molecular complexity index is 1160. The molecule has 29 heavy (non-hydrogen) atoms. The van der Waals surface area contributed by atoms with E-state index in [0.29, 0.717) is 28.8 Å². The normalized spacial score (nSPS) is 10.8. The van der Waals surface area contributed by atoms with Crippen LogP contribution in [0.3, 0.4) is 0 Å². The Labute approximate surface area is 163 Å². The largest absolute Gasteiger partial charge is 0.360 e. The van der Waals surface area contributed by atoms with Crippen molar-refractivity contribution in [1.29, 1.82) is 0 Å². The molecule has 4 aromatic rings. The Morgan fingerprint density at radius 2 is 1.52 bits per heavy atom. The van der Waals surface area contributed by atoms with Crippen LogP contribution in [-0.2, 0) is 0 Å². The number of aromatic nitrogens is 3. The monoisotopic (exact) mass is 397 g/mol. The fourth-order valence-electron chi connectivity index (χ4n) is 2.61. The fraction of sp³-hybridized carbons (Fsp3) is 0.0500. The van der Waals surface area contributed by atoms with Crippen molar-refractivity contribution in [2.24, 2.45) is 0 Å². The summed E-state index contributed by atoms with van der Waals surface area (Å²) < 4.78 is 45.8. The second kappa shape index (κ2) is 7.63. The third-order valence-electron chi connectivity index (χ3n) is 3.94. The molecule has 0 saturated carbocycles. The highest BCUT2D eigenvalue weighted by Gasteiger charge is 2.15. The smallest absolute Gasteiger partial charge is 0.196 e. The van der Waals surface area contributed by atoms with E-state index in [-0.39, 0.29) is 11.5 Å². The highest BCUT2D eigenvalue weighted by molar-refractivity contribution is 5.67. The Balaban J connectivity index is 1.74. The van der Waals surface area contributed by atoms with E-state index in [2.05, 4.69) is 25.8 Å². The van der Waals surface area contributed by atoms with Crippen LogP contribution in [0.2, 0.25) is 0 Å². The van der Waals surface area contributed by atoms with Crippen molar-refractivity contribution in [2.75, 3.05) is 10.6 Å². The van der Waals surface area contributed by atoms with Crippen LogP contribution in [0.5, 0.6) is 0 Å². The van der Waals surface area contributed by atoms with Crippen molar-refractivity contribution in [2.45, 2.75) is 6.92 Å². The molecule has 0 unspecified atom stereocenters. The van der Waals surface area contributed by atoms with E-state index >= 15 is 0 Å². The summed E-state index contributed by atoms with van der Waals surface area (Å²) in [6.45, 7) is 1.74. The SMILES string of the molecule is Cc1cc(Nc2cc(Nc3ccc(F)c(F)c3F)nc(-c3ccccc3)n2)no1. The van der Waals surface area contributed by atoms with Crippen LogP contribution in [-0.4, -0.2) is 15.1 Å². The molecule has 0 aliphatic rings. The summed E-state index contributed by atoms with van der Waals surface area (Å²) in [5, 5.41) is 9.48. The topological polar surface area (TPSA) is 75.9 Å². The van der Waals surface area contributed by atoms with Gasteiger partial charge in [0.05, 0.1) is 5.69 Å². The van der Waals surface area contributed by atoms with E-state index in [1.807, 2.05) is 18.2 Å². The van der Waals surface area contributed by atoms with Gasteiger partial charge in [-0.05, 0) is 19.1 Å². The van der Waals surface area contributed by atoms with Crippen molar-refractivity contribution >= 4 is 23.1 Å². The Kier molecular flexibility index (Phi) is 4.86. The van der Waals surface area contributed by atoms with E-state index in [4.69, 9.17) is 4.52 Å². The molecule has 2 N–H and O–H groups in total. The quantitative estimate of drug-likeness (QED) is 0.443. The van der Waals surface area contributed by atoms with Gasteiger partial charge < -0.3 is 15.2 Å². The highest BCUT2D eigenvalue weighted by atomic mass is 19.2. The van der Waals surface area contributed by atoms with E-state index in [1.54, 1.807) is 25.1 Å². The standard InChI is InChI=1S/C20H14F3N5O/c1-11-9-17(28-29-11)25-16-10-15(24-14-8-7-13(21)18(22)19(14)23)26-20(27-16)12-5-3-2-4-6-12/h2-10H,1H3,(H2,24,25,26,27,28). The molecule has 0 aliphatic carbocycles. The number of halogens is 3. The maximum atomic E-state index is 14.1. The third-order valence-corrected chi connectivity index (χ3v) is 3.94. The van der Waals surface area contributed by atoms with Gasteiger partial charge in [0.2, 0.25) is 0 Å². The first-order valence-corrected chi connectivity index (χ1v) is 8.55. The first-order chi connectivity index (χ1) is 14.0. The minimum absolute atomic E-state index is 0.173. The Hall–Kier alpha value is -3.88. The lowest BCUT2D eigenvalue weighted by molar-refractivity contribution is 0.400. The van der Waals surface area contributed by atoms with Crippen LogP contribution in [0.15, 0.2) is 59.1 Å². The van der Waals surface area contributed by atoms with Gasteiger partial charge in [0, 0.05) is 17.7 Å². The molecular weight excluding hydrogens is 383 g/mol. The van der Waals surface area contributed by atoms with Crippen LogP contribution in [0.25, 0.3) is 11.4 Å². The number of benzene rings is 2. The van der Waals surface area contributed by atoms with E-state index in [1.165, 1.54) is 6.07 Å². The van der Waals surface area contributed by atoms with Gasteiger partial charge in [0.1, 0.15) is 17.4 Å². The summed E-state index contributed by atoms with van der Waals surface area (Å²) >= 11 is 0. The van der Waals surface area contributed by atoms with Crippen molar-refractivity contribution in [3.05, 3.63) is 77.8 Å². The summed E-state index contributed by atoms with van der Waals surface area (Å²) in [4.78, 5) is 8.78. The summed E-state index contributed by atoms with van der Waals surface area (Å²) in [7, 11) is 0. The van der Waals surface area contributed by atoms with Gasteiger partial charge in [-0.1, -0.05) is 35.5 Å². The van der Waals surface area contributed by atoms with Gasteiger partial charge in [-0.2, -0.15) is 0 Å². The average molecular weight is 397 g/mol. The molecule has 4 rings (SSSR count). The molecule has 0 bridgehead atoms. The third kappa shape index (κ3) is 4.03. The molecule has 0 fully saturated rings. The zero-order valence-corrected chi connectivity index (χ0v) is 15.1. The van der Waals surface area contributed by atoms with Crippen LogP contribution < -0.4 is 10.6 Å². The van der Waals surface area contributed by atoms with Gasteiger partial charge in [0.15, 0.2) is 29.1 Å². The molecule has 2 aromatic carbocycles. The zero-order valence-electron chi connectivity index (χ0n) is 15.1. The van der Waals surface area contributed by atoms with Crippen LogP contribution in [0, 0.1) is 24.4 Å². The molecule has 6 nitrogen and oxygen atoms in total. The highest BCUT2D eigenvalue weighted by Crippen LogP contribution is 2.27. The van der Waals surface area contributed by atoms with Gasteiger partial charge in [-0.15, -0.1) is 0 Å². The summed E-state index contributed by atoms with van der Waals surface area (Å²) in [6.07, 6.45) is 0. The van der Waals surface area contributed by atoms with Crippen molar-refractivity contribution < 1.29 is 17.7 Å². The molecular formula is C20H14F3N5O. The number of hydrogen-bond donors (Lipinski definition) is 2. The number of nitrogens with zero attached hydrogens (tertiary/aromatic N) is 3. The second-order valence-corrected chi connectivity index (χ2v) is 6.12. The maximum Gasteiger partial charge on any atom is 0.196 e. The molecule has 0 spiro atoms. The van der Waals surface area contributed by atoms with E-state index in [9.17, 15) is 13.2 Å². The van der Waals surface area contributed by atoms with Crippen LogP contribution in [0.1, 0.15) is 5.76 Å². The summed E-state index contributed by atoms with van der Waals surface area (Å²) in [5.74, 6) is -2.30. The molecule has 0 saturated heterocycles. The number of rotatable bonds is 5. The molecule has 146 valence electrons. The fourth-order valence-corrected chi connectivity index (χ4v) is 2.61. The first-order valence-electron chi connectivity index (χ1n) is 8.55. The predicted octanol–water partition coefficient (Wildman–Crippen LogP) is 5.34. The van der Waals surface area contributed by atoms with Gasteiger partial charge >= 0.3 is 0 Å². The van der Waals surface area contributed by atoms with Crippen molar-refractivity contribution in [3.8, 4) is 11.4 Å². The molecule has 0 atom stereocenters. The second-order valence-electron chi connectivity index (χ2n) is 6.12. The molecule has 2 aromatic heterocycles. The molecule has 9 heteroatoms. The first kappa shape index (κ1) is 18.5. The molecule has 0 amide bonds. The zero-order chi connectivity index (χ0) is 20.4. The Morgan fingerprint density at radius 1 is 0.793 bits per heavy atom. The lowest BCUT2D eigenvalue weighted by atomic mass is 10.2. The van der Waals surface area contributed by atoms with Crippen molar-refractivity contribution in [1.82, 2.24) is 15.1 Å². The maximum absolute atomic E-state index is 14.1. The predicted molar refractivity (Wildman–Crippen MR) is 102 cm³/mol. The molecule has 2 heterocycles. The lowest BCUT2D eigenvalue weighted by Crippen LogP contribution is -2.04. The number of aryl methyl sites for hydroxylation is 1. The Morgan fingerprint density at radius 3 is 2.21 bits per heavy atom. The summed E-state index contributed by atoms with van der Waals surface area (Å²) in [6, 6.07) is 14.2. The number of nitrogens with one attached hydrogen (secondary N) is 2. The van der Waals surface area contributed by atoms with Crippen molar-refractivity contribution in [3.63, 3.8) is 0 Å². The summed E-state index contributed by atoms with van der Waals surface area (Å²) in [5.41, 5.74) is 0.450. The molecule has 0 radical (unpaired) electrons. The number of anilines is 4. The van der Waals surface area contributed by atoms with Crippen LogP contribution in [0.4, 0.5) is 36.3 Å². The minimum atomic E-state index is -1.57. The van der Waals surface area contributed by atoms with E-state index in [0.717, 1.165) is 12.1 Å². The molecule has 0 aliphatic heterocycles. The lowest BCUT2D eigenvalue weighted by Gasteiger charge is -2.11. The number of hydrogen-bond acceptors (Lipinski definition) is 6. The average Bonchev–Trinajstić information content (AvgIpc) is 3.13. The van der Waals surface area contributed by atoms with Crippen LogP contribution >= 0.6 is 0 Å². The van der Waals surface area contributed by atoms with Gasteiger partial charge in [-0.25, -0.2) is 23.1 Å². The van der Waals surface area contributed by atoms with Gasteiger partial charge in [-0.3, -0.25) is 0 Å². The van der Waals surface area contributed by atoms with E-state index < -0.39 is 17.5 Å². The minimum Gasteiger partial charge on any atom is -0.360 e.